The average molecular weight is 399 g/mol. The Morgan fingerprint density at radius 2 is 1.86 bits per heavy atom. The largest absolute Gasteiger partial charge is 0.497 e. The van der Waals surface area contributed by atoms with Gasteiger partial charge < -0.3 is 19.5 Å². The lowest BCUT2D eigenvalue weighted by molar-refractivity contribution is -0.124. The third-order valence-corrected chi connectivity index (χ3v) is 5.34. The van der Waals surface area contributed by atoms with E-state index in [0.29, 0.717) is 16.4 Å². The minimum atomic E-state index is -0.511. The van der Waals surface area contributed by atoms with E-state index in [2.05, 4.69) is 5.32 Å². The number of thiophene rings is 1. The first kappa shape index (κ1) is 19.7. The molecule has 1 amide bonds. The summed E-state index contributed by atoms with van der Waals surface area (Å²) in [6, 6.07) is 14.5. The second kappa shape index (κ2) is 8.75. The number of nitrogens with one attached hydrogen (secondary N) is 1. The van der Waals surface area contributed by atoms with Crippen molar-refractivity contribution in [2.45, 2.75) is 13.0 Å². The molecule has 0 aliphatic heterocycles. The van der Waals surface area contributed by atoms with Crippen molar-refractivity contribution in [3.05, 3.63) is 59.0 Å². The van der Waals surface area contributed by atoms with Crippen LogP contribution in [0.2, 0.25) is 0 Å². The molecule has 0 spiro atoms. The van der Waals surface area contributed by atoms with Crippen molar-refractivity contribution in [3.8, 4) is 11.5 Å². The average Bonchev–Trinajstić information content (AvgIpc) is 3.15. The Labute approximate surface area is 167 Å². The van der Waals surface area contributed by atoms with Crippen molar-refractivity contribution in [3.63, 3.8) is 0 Å². The van der Waals surface area contributed by atoms with E-state index < -0.39 is 11.9 Å². The Kier molecular flexibility index (Phi) is 6.16. The lowest BCUT2D eigenvalue weighted by Crippen LogP contribution is -2.31. The molecule has 0 unspecified atom stereocenters. The topological polar surface area (TPSA) is 73.9 Å². The van der Waals surface area contributed by atoms with Crippen LogP contribution >= 0.6 is 11.3 Å². The minimum Gasteiger partial charge on any atom is -0.497 e. The zero-order valence-corrected chi connectivity index (χ0v) is 16.7. The second-order valence-corrected chi connectivity index (χ2v) is 7.21. The van der Waals surface area contributed by atoms with Gasteiger partial charge in [0, 0.05) is 10.3 Å². The van der Waals surface area contributed by atoms with Crippen molar-refractivity contribution < 1.29 is 23.8 Å². The van der Waals surface area contributed by atoms with Crippen LogP contribution in [0.4, 0.5) is 0 Å². The first-order valence-corrected chi connectivity index (χ1v) is 9.50. The third kappa shape index (κ3) is 4.43. The van der Waals surface area contributed by atoms with Crippen LogP contribution in [-0.2, 0) is 9.53 Å². The summed E-state index contributed by atoms with van der Waals surface area (Å²) in [6.07, 6.45) is 0. The van der Waals surface area contributed by atoms with Gasteiger partial charge in [-0.15, -0.1) is 11.3 Å². The summed E-state index contributed by atoms with van der Waals surface area (Å²) in [5.74, 6) is 0.388. The fourth-order valence-corrected chi connectivity index (χ4v) is 3.78. The monoisotopic (exact) mass is 399 g/mol. The number of carbonyl (C=O) groups is 2. The van der Waals surface area contributed by atoms with Crippen LogP contribution in [0.15, 0.2) is 48.5 Å². The molecule has 1 aromatic heterocycles. The van der Waals surface area contributed by atoms with Crippen molar-refractivity contribution in [1.82, 2.24) is 5.32 Å². The van der Waals surface area contributed by atoms with Gasteiger partial charge in [0.1, 0.15) is 16.4 Å². The third-order valence-electron chi connectivity index (χ3n) is 4.24. The molecular formula is C21H21NO5S. The summed E-state index contributed by atoms with van der Waals surface area (Å²) < 4.78 is 16.7. The van der Waals surface area contributed by atoms with Gasteiger partial charge in [-0.05, 0) is 42.6 Å². The number of fused-ring (bicyclic) bond motifs is 1. The fraction of sp³-hybridized carbons (Fsp3) is 0.238. The van der Waals surface area contributed by atoms with Crippen LogP contribution < -0.4 is 14.8 Å². The van der Waals surface area contributed by atoms with Gasteiger partial charge in [0.25, 0.3) is 5.91 Å². The lowest BCUT2D eigenvalue weighted by atomic mass is 10.1. The molecule has 2 aromatic carbocycles. The van der Waals surface area contributed by atoms with Gasteiger partial charge in [0.05, 0.1) is 20.3 Å². The van der Waals surface area contributed by atoms with E-state index in [-0.39, 0.29) is 12.6 Å². The summed E-state index contributed by atoms with van der Waals surface area (Å²) >= 11 is 1.34. The van der Waals surface area contributed by atoms with E-state index in [1.54, 1.807) is 38.5 Å². The summed E-state index contributed by atoms with van der Waals surface area (Å²) in [6.45, 7) is 1.46. The highest BCUT2D eigenvalue weighted by atomic mass is 32.1. The molecule has 0 aliphatic carbocycles. The number of carbonyl (C=O) groups excluding carboxylic acids is 2. The molecule has 1 N–H and O–H groups in total. The Balaban J connectivity index is 1.60. The second-order valence-electron chi connectivity index (χ2n) is 6.12. The number of hydrogen-bond donors (Lipinski definition) is 1. The van der Waals surface area contributed by atoms with Crippen LogP contribution in [0.1, 0.15) is 28.2 Å². The van der Waals surface area contributed by atoms with E-state index in [1.807, 2.05) is 31.2 Å². The normalized spacial score (nSPS) is 11.7. The first-order chi connectivity index (χ1) is 13.5. The maximum absolute atomic E-state index is 12.2. The molecule has 0 aliphatic rings. The molecule has 1 atom stereocenters. The first-order valence-electron chi connectivity index (χ1n) is 8.69. The van der Waals surface area contributed by atoms with E-state index in [4.69, 9.17) is 14.2 Å². The molecule has 3 aromatic rings. The van der Waals surface area contributed by atoms with Crippen LogP contribution in [-0.4, -0.2) is 32.7 Å². The van der Waals surface area contributed by atoms with Crippen LogP contribution in [0.5, 0.6) is 11.5 Å². The van der Waals surface area contributed by atoms with E-state index in [0.717, 1.165) is 15.6 Å². The van der Waals surface area contributed by atoms with Gasteiger partial charge in [-0.3, -0.25) is 4.79 Å². The Morgan fingerprint density at radius 1 is 1.07 bits per heavy atom. The predicted molar refractivity (Wildman–Crippen MR) is 108 cm³/mol. The van der Waals surface area contributed by atoms with Gasteiger partial charge in [-0.25, -0.2) is 4.79 Å². The number of esters is 1. The van der Waals surface area contributed by atoms with Crippen molar-refractivity contribution in [2.24, 2.45) is 0 Å². The molecule has 0 fully saturated rings. The molecule has 0 bridgehead atoms. The SMILES string of the molecule is COc1ccc(OC)c([C@@H](C)NC(=O)COC(=O)c2cc3ccccc3s2)c1. The smallest absolute Gasteiger partial charge is 0.348 e. The Morgan fingerprint density at radius 3 is 2.57 bits per heavy atom. The van der Waals surface area contributed by atoms with E-state index in [9.17, 15) is 9.59 Å². The highest BCUT2D eigenvalue weighted by molar-refractivity contribution is 7.20. The number of methoxy groups -OCH3 is 2. The number of benzene rings is 2. The highest BCUT2D eigenvalue weighted by Crippen LogP contribution is 2.29. The molecule has 6 nitrogen and oxygen atoms in total. The number of ether oxygens (including phenoxy) is 3. The van der Waals surface area contributed by atoms with Crippen molar-refractivity contribution >= 4 is 33.3 Å². The van der Waals surface area contributed by atoms with Crippen molar-refractivity contribution in [1.29, 1.82) is 0 Å². The summed E-state index contributed by atoms with van der Waals surface area (Å²) in [5, 5.41) is 3.78. The quantitative estimate of drug-likeness (QED) is 0.609. The zero-order valence-electron chi connectivity index (χ0n) is 15.9. The molecule has 146 valence electrons. The van der Waals surface area contributed by atoms with Crippen molar-refractivity contribution in [2.75, 3.05) is 20.8 Å². The highest BCUT2D eigenvalue weighted by Gasteiger charge is 2.17. The van der Waals surface area contributed by atoms with Gasteiger partial charge >= 0.3 is 5.97 Å². The molecule has 0 radical (unpaired) electrons. The van der Waals surface area contributed by atoms with Gasteiger partial charge in [0.15, 0.2) is 6.61 Å². The Bertz CT molecular complexity index is 964. The number of rotatable bonds is 7. The molecule has 0 saturated carbocycles. The number of amides is 1. The molecular weight excluding hydrogens is 378 g/mol. The molecule has 3 rings (SSSR count). The minimum absolute atomic E-state index is 0.347. The van der Waals surface area contributed by atoms with Crippen LogP contribution in [0.3, 0.4) is 0 Å². The lowest BCUT2D eigenvalue weighted by Gasteiger charge is -2.18. The molecule has 7 heteroatoms. The maximum Gasteiger partial charge on any atom is 0.348 e. The van der Waals surface area contributed by atoms with E-state index >= 15 is 0 Å². The van der Waals surface area contributed by atoms with Gasteiger partial charge in [-0.2, -0.15) is 0 Å². The van der Waals surface area contributed by atoms with Crippen LogP contribution in [0.25, 0.3) is 10.1 Å². The fourth-order valence-electron chi connectivity index (χ4n) is 2.82. The maximum atomic E-state index is 12.2. The molecule has 28 heavy (non-hydrogen) atoms. The van der Waals surface area contributed by atoms with Gasteiger partial charge in [-0.1, -0.05) is 18.2 Å². The van der Waals surface area contributed by atoms with Crippen LogP contribution in [0, 0.1) is 0 Å². The summed E-state index contributed by atoms with van der Waals surface area (Å²) in [4.78, 5) is 24.9. The van der Waals surface area contributed by atoms with Gasteiger partial charge in [0.2, 0.25) is 0 Å². The van der Waals surface area contributed by atoms with E-state index in [1.165, 1.54) is 11.3 Å². The number of hydrogen-bond acceptors (Lipinski definition) is 6. The predicted octanol–water partition coefficient (Wildman–Crippen LogP) is 3.95. The molecule has 1 heterocycles. The zero-order chi connectivity index (χ0) is 20.1. The molecule has 0 saturated heterocycles. The summed E-state index contributed by atoms with van der Waals surface area (Å²) in [7, 11) is 3.13. The standard InChI is InChI=1S/C21H21NO5S/c1-13(16-11-15(25-2)8-9-17(16)26-3)22-20(23)12-27-21(24)19-10-14-6-4-5-7-18(14)28-19/h4-11,13H,12H2,1-3H3,(H,22,23)/t13-/m1/s1. The Hall–Kier alpha value is -3.06. The summed E-state index contributed by atoms with van der Waals surface area (Å²) in [5.41, 5.74) is 0.769.